The Balaban J connectivity index is 2.10. The SMILES string of the molecule is CC1(O)CCN(C(=O)Nc2cc(Br)ccc2C(=O)O)CC1. The Morgan fingerprint density at radius 1 is 1.33 bits per heavy atom. The summed E-state index contributed by atoms with van der Waals surface area (Å²) in [5.41, 5.74) is -0.451. The average Bonchev–Trinajstić information content (AvgIpc) is 2.38. The number of urea groups is 1. The number of nitrogens with one attached hydrogen (secondary N) is 1. The van der Waals surface area contributed by atoms with Gasteiger partial charge in [-0.1, -0.05) is 15.9 Å². The predicted molar refractivity (Wildman–Crippen MR) is 81.6 cm³/mol. The van der Waals surface area contributed by atoms with E-state index in [2.05, 4.69) is 21.2 Å². The molecule has 0 bridgehead atoms. The van der Waals surface area contributed by atoms with Gasteiger partial charge in [0, 0.05) is 17.6 Å². The summed E-state index contributed by atoms with van der Waals surface area (Å²) in [6.07, 6.45) is 1.01. The number of benzene rings is 1. The van der Waals surface area contributed by atoms with Crippen molar-refractivity contribution in [3.8, 4) is 0 Å². The molecular formula is C14H17BrN2O4. The van der Waals surface area contributed by atoms with Crippen LogP contribution in [-0.2, 0) is 0 Å². The van der Waals surface area contributed by atoms with E-state index in [0.29, 0.717) is 30.4 Å². The van der Waals surface area contributed by atoms with E-state index < -0.39 is 11.6 Å². The lowest BCUT2D eigenvalue weighted by Gasteiger charge is -2.35. The zero-order chi connectivity index (χ0) is 15.6. The van der Waals surface area contributed by atoms with Crippen LogP contribution in [0.15, 0.2) is 22.7 Å². The third-order valence-electron chi connectivity index (χ3n) is 3.58. The van der Waals surface area contributed by atoms with Gasteiger partial charge in [-0.3, -0.25) is 0 Å². The number of hydrogen-bond acceptors (Lipinski definition) is 3. The minimum atomic E-state index is -1.10. The molecule has 6 nitrogen and oxygen atoms in total. The summed E-state index contributed by atoms with van der Waals surface area (Å²) >= 11 is 3.26. The molecule has 0 radical (unpaired) electrons. The first-order valence-electron chi connectivity index (χ1n) is 6.60. The molecule has 7 heteroatoms. The monoisotopic (exact) mass is 356 g/mol. The molecule has 114 valence electrons. The number of halogens is 1. The van der Waals surface area contributed by atoms with Crippen molar-refractivity contribution in [2.24, 2.45) is 0 Å². The molecule has 2 amide bonds. The lowest BCUT2D eigenvalue weighted by molar-refractivity contribution is 0.00570. The van der Waals surface area contributed by atoms with Gasteiger partial charge in [0.25, 0.3) is 0 Å². The van der Waals surface area contributed by atoms with E-state index >= 15 is 0 Å². The lowest BCUT2D eigenvalue weighted by atomic mass is 9.94. The highest BCUT2D eigenvalue weighted by molar-refractivity contribution is 9.10. The molecule has 2 rings (SSSR count). The summed E-state index contributed by atoms with van der Waals surface area (Å²) in [7, 11) is 0. The van der Waals surface area contributed by atoms with Gasteiger partial charge < -0.3 is 20.4 Å². The van der Waals surface area contributed by atoms with Crippen LogP contribution in [0.5, 0.6) is 0 Å². The zero-order valence-corrected chi connectivity index (χ0v) is 13.2. The summed E-state index contributed by atoms with van der Waals surface area (Å²) in [5.74, 6) is -1.10. The molecule has 1 aliphatic heterocycles. The molecule has 0 unspecified atom stereocenters. The van der Waals surface area contributed by atoms with E-state index in [4.69, 9.17) is 5.11 Å². The molecule has 1 fully saturated rings. The fourth-order valence-electron chi connectivity index (χ4n) is 2.19. The summed E-state index contributed by atoms with van der Waals surface area (Å²) in [6, 6.07) is 4.24. The Kier molecular flexibility index (Phi) is 4.53. The number of likely N-dealkylation sites (tertiary alicyclic amines) is 1. The highest BCUT2D eigenvalue weighted by Crippen LogP contribution is 2.24. The van der Waals surface area contributed by atoms with Crippen LogP contribution in [0.4, 0.5) is 10.5 Å². The number of carbonyl (C=O) groups is 2. The van der Waals surface area contributed by atoms with Gasteiger partial charge >= 0.3 is 12.0 Å². The number of hydrogen-bond donors (Lipinski definition) is 3. The number of aromatic carboxylic acids is 1. The Morgan fingerprint density at radius 3 is 2.52 bits per heavy atom. The van der Waals surface area contributed by atoms with Crippen LogP contribution in [-0.4, -0.2) is 45.8 Å². The molecule has 0 saturated carbocycles. The van der Waals surface area contributed by atoms with Crippen LogP contribution >= 0.6 is 15.9 Å². The van der Waals surface area contributed by atoms with Crippen LogP contribution in [0.3, 0.4) is 0 Å². The molecule has 0 aliphatic carbocycles. The smallest absolute Gasteiger partial charge is 0.337 e. The third kappa shape index (κ3) is 3.95. The normalized spacial score (nSPS) is 17.4. The predicted octanol–water partition coefficient (Wildman–Crippen LogP) is 2.53. The Labute approximate surface area is 130 Å². The van der Waals surface area contributed by atoms with E-state index in [9.17, 15) is 14.7 Å². The number of anilines is 1. The Hall–Kier alpha value is -1.60. The summed E-state index contributed by atoms with van der Waals surface area (Å²) in [6.45, 7) is 2.63. The first kappa shape index (κ1) is 15.8. The van der Waals surface area contributed by atoms with Crippen LogP contribution in [0.2, 0.25) is 0 Å². The van der Waals surface area contributed by atoms with E-state index in [0.717, 1.165) is 0 Å². The van der Waals surface area contributed by atoms with E-state index in [1.54, 1.807) is 24.0 Å². The van der Waals surface area contributed by atoms with Crippen molar-refractivity contribution < 1.29 is 19.8 Å². The Bertz CT molecular complexity index is 564. The van der Waals surface area contributed by atoms with Gasteiger partial charge in [0.15, 0.2) is 0 Å². The standard InChI is InChI=1S/C14H17BrN2O4/c1-14(21)4-6-17(7-5-14)13(20)16-11-8-9(15)2-3-10(11)12(18)19/h2-3,8,21H,4-7H2,1H3,(H,16,20)(H,18,19). The summed E-state index contributed by atoms with van der Waals surface area (Å²) < 4.78 is 0.685. The van der Waals surface area contributed by atoms with E-state index in [1.807, 2.05) is 0 Å². The van der Waals surface area contributed by atoms with Gasteiger partial charge in [-0.15, -0.1) is 0 Å². The maximum Gasteiger partial charge on any atom is 0.337 e. The van der Waals surface area contributed by atoms with Crippen LogP contribution in [0, 0.1) is 0 Å². The molecule has 1 aromatic carbocycles. The van der Waals surface area contributed by atoms with Crippen molar-refractivity contribution in [3.63, 3.8) is 0 Å². The number of nitrogens with zero attached hydrogens (tertiary/aromatic N) is 1. The number of carboxylic acids is 1. The van der Waals surface area contributed by atoms with Crippen molar-refractivity contribution >= 4 is 33.6 Å². The quantitative estimate of drug-likeness (QED) is 0.759. The van der Waals surface area contributed by atoms with E-state index in [-0.39, 0.29) is 17.3 Å². The van der Waals surface area contributed by atoms with Gasteiger partial charge in [-0.2, -0.15) is 0 Å². The first-order valence-corrected chi connectivity index (χ1v) is 7.39. The summed E-state index contributed by atoms with van der Waals surface area (Å²) in [5, 5.41) is 21.6. The second-order valence-electron chi connectivity index (χ2n) is 5.41. The largest absolute Gasteiger partial charge is 0.478 e. The summed E-state index contributed by atoms with van der Waals surface area (Å²) in [4.78, 5) is 24.9. The molecule has 0 spiro atoms. The minimum Gasteiger partial charge on any atom is -0.478 e. The van der Waals surface area contributed by atoms with Gasteiger partial charge in [-0.05, 0) is 38.0 Å². The highest BCUT2D eigenvalue weighted by Gasteiger charge is 2.29. The second kappa shape index (κ2) is 6.03. The molecule has 0 atom stereocenters. The number of carboxylic acid groups (broad SMARTS) is 1. The number of amides is 2. The van der Waals surface area contributed by atoms with Gasteiger partial charge in [-0.25, -0.2) is 9.59 Å². The molecule has 21 heavy (non-hydrogen) atoms. The number of piperidine rings is 1. The molecule has 1 aliphatic rings. The zero-order valence-electron chi connectivity index (χ0n) is 11.6. The van der Waals surface area contributed by atoms with Crippen LogP contribution in [0.1, 0.15) is 30.1 Å². The fourth-order valence-corrected chi connectivity index (χ4v) is 2.55. The molecule has 0 aromatic heterocycles. The lowest BCUT2D eigenvalue weighted by Crippen LogP contribution is -2.46. The maximum atomic E-state index is 12.2. The fraction of sp³-hybridized carbons (Fsp3) is 0.429. The molecular weight excluding hydrogens is 340 g/mol. The average molecular weight is 357 g/mol. The molecule has 1 aromatic rings. The van der Waals surface area contributed by atoms with Crippen molar-refractivity contribution in [2.75, 3.05) is 18.4 Å². The Morgan fingerprint density at radius 2 is 1.95 bits per heavy atom. The third-order valence-corrected chi connectivity index (χ3v) is 4.07. The topological polar surface area (TPSA) is 89.9 Å². The van der Waals surface area contributed by atoms with Gasteiger partial charge in [0.05, 0.1) is 16.9 Å². The number of aliphatic hydroxyl groups is 1. The van der Waals surface area contributed by atoms with Crippen LogP contribution < -0.4 is 5.32 Å². The van der Waals surface area contributed by atoms with Crippen molar-refractivity contribution in [1.82, 2.24) is 4.90 Å². The minimum absolute atomic E-state index is 0.0376. The molecule has 1 heterocycles. The maximum absolute atomic E-state index is 12.2. The van der Waals surface area contributed by atoms with Crippen molar-refractivity contribution in [3.05, 3.63) is 28.2 Å². The van der Waals surface area contributed by atoms with Gasteiger partial charge in [0.1, 0.15) is 0 Å². The number of carbonyl (C=O) groups excluding carboxylic acids is 1. The second-order valence-corrected chi connectivity index (χ2v) is 6.32. The number of rotatable bonds is 2. The highest BCUT2D eigenvalue weighted by atomic mass is 79.9. The molecule has 3 N–H and O–H groups in total. The molecule has 1 saturated heterocycles. The first-order chi connectivity index (χ1) is 9.78. The van der Waals surface area contributed by atoms with Crippen molar-refractivity contribution in [1.29, 1.82) is 0 Å². The van der Waals surface area contributed by atoms with Crippen molar-refractivity contribution in [2.45, 2.75) is 25.4 Å². The van der Waals surface area contributed by atoms with E-state index in [1.165, 1.54) is 6.07 Å². The van der Waals surface area contributed by atoms with Gasteiger partial charge in [0.2, 0.25) is 0 Å². The van der Waals surface area contributed by atoms with Crippen LogP contribution in [0.25, 0.3) is 0 Å².